The van der Waals surface area contributed by atoms with E-state index in [1.54, 1.807) is 11.0 Å². The summed E-state index contributed by atoms with van der Waals surface area (Å²) in [6.07, 6.45) is -0.0621. The molecule has 14 heteroatoms. The van der Waals surface area contributed by atoms with E-state index >= 15 is 4.39 Å². The predicted molar refractivity (Wildman–Crippen MR) is 165 cm³/mol. The number of ether oxygens (including phenoxy) is 4. The molecule has 3 atom stereocenters. The first-order valence-corrected chi connectivity index (χ1v) is 16.0. The van der Waals surface area contributed by atoms with E-state index in [4.69, 9.17) is 14.2 Å². The molecule has 47 heavy (non-hydrogen) atoms. The van der Waals surface area contributed by atoms with Gasteiger partial charge in [0, 0.05) is 35.0 Å². The number of esters is 2. The molecule has 1 fully saturated rings. The Bertz CT molecular complexity index is 1810. The van der Waals surface area contributed by atoms with Crippen LogP contribution in [0.25, 0.3) is 0 Å². The highest BCUT2D eigenvalue weighted by atomic mass is 32.2. The van der Waals surface area contributed by atoms with Crippen molar-refractivity contribution in [2.45, 2.75) is 56.2 Å². The number of benzene rings is 2. The van der Waals surface area contributed by atoms with Crippen molar-refractivity contribution >= 4 is 29.6 Å². The van der Waals surface area contributed by atoms with Gasteiger partial charge in [-0.1, -0.05) is 24.3 Å². The fraction of sp³-hybridized carbons (Fsp3) is 0.394. The number of nitrogens with zero attached hydrogens (tertiary/aromatic N) is 3. The summed E-state index contributed by atoms with van der Waals surface area (Å²) in [5.41, 5.74) is -0.570. The van der Waals surface area contributed by atoms with Crippen LogP contribution < -0.4 is 15.2 Å². The van der Waals surface area contributed by atoms with Crippen molar-refractivity contribution in [3.63, 3.8) is 0 Å². The third-order valence-corrected chi connectivity index (χ3v) is 9.72. The number of carbonyl (C=O) groups excluding carboxylic acids is 3. The second-order valence-electron chi connectivity index (χ2n) is 12.1. The van der Waals surface area contributed by atoms with Gasteiger partial charge >= 0.3 is 11.9 Å². The molecule has 1 saturated heterocycles. The molecule has 0 bridgehead atoms. The summed E-state index contributed by atoms with van der Waals surface area (Å²) in [5, 5.41) is 1.83. The van der Waals surface area contributed by atoms with Gasteiger partial charge in [-0.2, -0.15) is 0 Å². The number of pyridine rings is 1. The van der Waals surface area contributed by atoms with Gasteiger partial charge in [0.05, 0.1) is 37.7 Å². The molecule has 4 heterocycles. The Labute approximate surface area is 273 Å². The van der Waals surface area contributed by atoms with Crippen LogP contribution >= 0.6 is 11.8 Å². The van der Waals surface area contributed by atoms with Crippen LogP contribution in [0.3, 0.4) is 0 Å². The molecule has 1 aromatic heterocycles. The summed E-state index contributed by atoms with van der Waals surface area (Å²) in [6, 6.07) is 10.6. The fourth-order valence-electron chi connectivity index (χ4n) is 6.26. The lowest BCUT2D eigenvalue weighted by atomic mass is 9.90. The molecule has 11 nitrogen and oxygen atoms in total. The van der Waals surface area contributed by atoms with Crippen LogP contribution in [0.15, 0.2) is 58.4 Å². The Kier molecular flexibility index (Phi) is 8.74. The molecule has 3 aliphatic rings. The SMILES string of the molecule is COC(=O)CC(C)(C)C(=O)OCOc1c2n(ccc1=O)N([C@@H]1c3ccccc3SCc3c1ccc(F)c3F)[C@@H]1[C@H](C)OCCN1C2=O. The summed E-state index contributed by atoms with van der Waals surface area (Å²) in [5.74, 6) is -4.02. The van der Waals surface area contributed by atoms with Gasteiger partial charge in [0.25, 0.3) is 5.91 Å². The van der Waals surface area contributed by atoms with Crippen molar-refractivity contribution in [3.05, 3.63) is 92.9 Å². The van der Waals surface area contributed by atoms with Crippen LogP contribution in [0.4, 0.5) is 8.78 Å². The molecule has 0 aliphatic carbocycles. The highest BCUT2D eigenvalue weighted by Gasteiger charge is 2.49. The predicted octanol–water partition coefficient (Wildman–Crippen LogP) is 4.13. The molecule has 3 aromatic rings. The van der Waals surface area contributed by atoms with Crippen LogP contribution in [0.5, 0.6) is 5.75 Å². The van der Waals surface area contributed by atoms with Crippen molar-refractivity contribution in [1.82, 2.24) is 9.58 Å². The molecule has 0 unspecified atom stereocenters. The van der Waals surface area contributed by atoms with Crippen LogP contribution in [0, 0.1) is 17.0 Å². The zero-order valence-electron chi connectivity index (χ0n) is 26.2. The molecular formula is C33H33F2N3O8S. The zero-order chi connectivity index (χ0) is 33.6. The van der Waals surface area contributed by atoms with E-state index in [2.05, 4.69) is 4.74 Å². The molecule has 2 aromatic carbocycles. The van der Waals surface area contributed by atoms with Gasteiger partial charge in [-0.25, -0.2) is 8.78 Å². The first-order valence-electron chi connectivity index (χ1n) is 15.0. The third kappa shape index (κ3) is 5.73. The number of morpholine rings is 1. The van der Waals surface area contributed by atoms with Crippen LogP contribution in [-0.2, 0) is 29.6 Å². The first-order chi connectivity index (χ1) is 22.4. The number of hydrogen-bond acceptors (Lipinski definition) is 10. The van der Waals surface area contributed by atoms with Crippen molar-refractivity contribution in [2.75, 3.05) is 32.1 Å². The Hall–Kier alpha value is -4.43. The number of fused-ring (bicyclic) bond motifs is 4. The minimum atomic E-state index is -1.25. The van der Waals surface area contributed by atoms with E-state index in [0.717, 1.165) is 16.5 Å². The monoisotopic (exact) mass is 669 g/mol. The number of hydrogen-bond donors (Lipinski definition) is 0. The van der Waals surface area contributed by atoms with E-state index in [0.29, 0.717) is 5.56 Å². The summed E-state index contributed by atoms with van der Waals surface area (Å²) >= 11 is 1.37. The van der Waals surface area contributed by atoms with Crippen molar-refractivity contribution < 1.29 is 42.1 Å². The van der Waals surface area contributed by atoms with Crippen LogP contribution in [-0.4, -0.2) is 66.7 Å². The van der Waals surface area contributed by atoms with Crippen molar-refractivity contribution in [3.8, 4) is 5.75 Å². The average Bonchev–Trinajstić information content (AvgIpc) is 3.21. The van der Waals surface area contributed by atoms with E-state index < -0.39 is 65.4 Å². The maximum atomic E-state index is 15.5. The van der Waals surface area contributed by atoms with E-state index in [9.17, 15) is 23.6 Å². The van der Waals surface area contributed by atoms with Crippen LogP contribution in [0.2, 0.25) is 0 Å². The van der Waals surface area contributed by atoms with Crippen LogP contribution in [0.1, 0.15) is 60.4 Å². The Morgan fingerprint density at radius 1 is 1.09 bits per heavy atom. The van der Waals surface area contributed by atoms with Crippen molar-refractivity contribution in [2.24, 2.45) is 5.41 Å². The largest absolute Gasteiger partial charge is 0.469 e. The Morgan fingerprint density at radius 2 is 1.85 bits per heavy atom. The molecule has 0 saturated carbocycles. The minimum absolute atomic E-state index is 0.133. The lowest BCUT2D eigenvalue weighted by molar-refractivity contribution is -0.165. The van der Waals surface area contributed by atoms with Gasteiger partial charge in [-0.05, 0) is 44.0 Å². The summed E-state index contributed by atoms with van der Waals surface area (Å²) < 4.78 is 53.2. The lowest BCUT2D eigenvalue weighted by Crippen LogP contribution is -2.68. The van der Waals surface area contributed by atoms with E-state index in [1.165, 1.54) is 49.7 Å². The number of carbonyl (C=O) groups is 3. The topological polar surface area (TPSA) is 117 Å². The smallest absolute Gasteiger partial charge is 0.314 e. The number of methoxy groups -OCH3 is 1. The summed E-state index contributed by atoms with van der Waals surface area (Å²) in [4.78, 5) is 54.5. The van der Waals surface area contributed by atoms with Gasteiger partial charge in [0.2, 0.25) is 18.0 Å². The molecule has 0 radical (unpaired) electrons. The number of aromatic nitrogens is 1. The Morgan fingerprint density at radius 3 is 2.62 bits per heavy atom. The van der Waals surface area contributed by atoms with Gasteiger partial charge < -0.3 is 23.8 Å². The first kappa shape index (κ1) is 32.5. The highest BCUT2D eigenvalue weighted by Crippen LogP contribution is 2.45. The number of halogens is 2. The summed E-state index contributed by atoms with van der Waals surface area (Å²) in [7, 11) is 1.21. The highest BCUT2D eigenvalue weighted by molar-refractivity contribution is 7.98. The molecule has 248 valence electrons. The van der Waals surface area contributed by atoms with E-state index in [1.807, 2.05) is 36.2 Å². The average molecular weight is 670 g/mol. The number of amides is 1. The maximum Gasteiger partial charge on any atom is 0.314 e. The van der Waals surface area contributed by atoms with Gasteiger partial charge in [0.1, 0.15) is 6.17 Å². The van der Waals surface area contributed by atoms with Crippen molar-refractivity contribution in [1.29, 1.82) is 0 Å². The fourth-order valence-corrected chi connectivity index (χ4v) is 7.37. The Balaban J connectivity index is 1.47. The second kappa shape index (κ2) is 12.6. The maximum absolute atomic E-state index is 15.5. The molecule has 1 amide bonds. The third-order valence-electron chi connectivity index (χ3n) is 8.61. The second-order valence-corrected chi connectivity index (χ2v) is 13.1. The lowest BCUT2D eigenvalue weighted by Gasteiger charge is -2.53. The zero-order valence-corrected chi connectivity index (χ0v) is 27.0. The molecular weight excluding hydrogens is 636 g/mol. The quantitative estimate of drug-likeness (QED) is 0.269. The normalized spacial score (nSPS) is 20.3. The minimum Gasteiger partial charge on any atom is -0.469 e. The van der Waals surface area contributed by atoms with E-state index in [-0.39, 0.29) is 42.3 Å². The number of thioether (sulfide) groups is 1. The summed E-state index contributed by atoms with van der Waals surface area (Å²) in [6.45, 7) is 4.51. The molecule has 0 N–H and O–H groups in total. The standard InChI is InChI=1S/C33H33F2N3O8S/c1-18-30-36(13-14-44-18)31(41)28-29(45-17-46-32(42)33(2,3)15-25(40)43-4)23(39)11-12-37(28)38(30)27-19-9-10-22(34)26(35)21(19)16-47-24-8-6-5-7-20(24)27/h5-12,18,27,30H,13-17H2,1-4H3/t18-,27-,30+/m0/s1. The molecule has 3 aliphatic heterocycles. The van der Waals surface area contributed by atoms with Gasteiger partial charge in [-0.3, -0.25) is 28.9 Å². The number of rotatable bonds is 7. The molecule has 6 rings (SSSR count). The van der Waals surface area contributed by atoms with Gasteiger partial charge in [-0.15, -0.1) is 11.8 Å². The molecule has 0 spiro atoms. The van der Waals surface area contributed by atoms with Gasteiger partial charge in [0.15, 0.2) is 17.3 Å².